The van der Waals surface area contributed by atoms with Crippen molar-refractivity contribution in [2.24, 2.45) is 4.40 Å². The van der Waals surface area contributed by atoms with E-state index in [0.29, 0.717) is 5.71 Å². The van der Waals surface area contributed by atoms with Crippen molar-refractivity contribution in [1.29, 1.82) is 0 Å². The molecule has 0 aromatic carbocycles. The van der Waals surface area contributed by atoms with Crippen LogP contribution in [0.4, 0.5) is 0 Å². The molecule has 2 aliphatic rings. The number of carboxylic acids is 1. The first kappa shape index (κ1) is 11.8. The number of nitrogens with zero attached hydrogens (tertiary/aromatic N) is 2. The third-order valence-corrected chi connectivity index (χ3v) is 4.60. The van der Waals surface area contributed by atoms with Gasteiger partial charge in [0, 0.05) is 11.0 Å². The fourth-order valence-corrected chi connectivity index (χ4v) is 4.02. The maximum absolute atomic E-state index is 11.7. The summed E-state index contributed by atoms with van der Waals surface area (Å²) in [5.41, 5.74) is 0.481. The summed E-state index contributed by atoms with van der Waals surface area (Å²) in [5, 5.41) is 8.97. The molecule has 7 heteroatoms. The van der Waals surface area contributed by atoms with Crippen LogP contribution in [0, 0.1) is 0 Å². The van der Waals surface area contributed by atoms with E-state index in [4.69, 9.17) is 5.11 Å². The molecule has 1 amide bonds. The highest BCUT2D eigenvalue weighted by Crippen LogP contribution is 2.49. The summed E-state index contributed by atoms with van der Waals surface area (Å²) in [4.78, 5) is 24.3. The van der Waals surface area contributed by atoms with E-state index in [0.717, 1.165) is 0 Å². The lowest BCUT2D eigenvalue weighted by Crippen LogP contribution is -2.63. The third-order valence-electron chi connectivity index (χ3n) is 2.72. The first-order valence-electron chi connectivity index (χ1n) is 4.74. The predicted octanol–water partition coefficient (Wildman–Crippen LogP) is 0.852. The number of thioether (sulfide) groups is 1. The number of carboxylic acid groups (broad SMARTS) is 1. The van der Waals surface area contributed by atoms with Gasteiger partial charge in [0.25, 0.3) is 5.91 Å². The standard InChI is InChI=1S/C9H12N2O3S2/c1-9(2)5(8(13)14)11-6(12)4(10-15-3)7(11)16-9/h5,7H,1-3H3,(H,13,14). The summed E-state index contributed by atoms with van der Waals surface area (Å²) in [6, 6.07) is -0.754. The van der Waals surface area contributed by atoms with E-state index in [1.165, 1.54) is 28.6 Å². The van der Waals surface area contributed by atoms with Crippen LogP contribution >= 0.6 is 23.7 Å². The zero-order valence-corrected chi connectivity index (χ0v) is 10.8. The van der Waals surface area contributed by atoms with Crippen molar-refractivity contribution in [2.45, 2.75) is 30.0 Å². The molecule has 0 aliphatic carbocycles. The summed E-state index contributed by atoms with van der Waals surface area (Å²) in [5.74, 6) is -1.19. The van der Waals surface area contributed by atoms with Crippen molar-refractivity contribution >= 4 is 41.3 Å². The third kappa shape index (κ3) is 1.45. The molecule has 2 aliphatic heterocycles. The van der Waals surface area contributed by atoms with Gasteiger partial charge in [-0.2, -0.15) is 0 Å². The molecule has 5 nitrogen and oxygen atoms in total. The Morgan fingerprint density at radius 1 is 1.62 bits per heavy atom. The molecule has 2 rings (SSSR count). The Labute approximate surface area is 102 Å². The van der Waals surface area contributed by atoms with Crippen LogP contribution in [0.1, 0.15) is 13.8 Å². The summed E-state index contributed by atoms with van der Waals surface area (Å²) in [6.45, 7) is 3.69. The average Bonchev–Trinajstić information content (AvgIpc) is 2.43. The number of amides is 1. The number of aliphatic carboxylic acids is 1. The molecule has 2 atom stereocenters. The van der Waals surface area contributed by atoms with Crippen molar-refractivity contribution in [1.82, 2.24) is 4.90 Å². The number of carbonyl (C=O) groups excluding carboxylic acids is 1. The first-order valence-corrected chi connectivity index (χ1v) is 6.80. The van der Waals surface area contributed by atoms with Crippen molar-refractivity contribution in [3.8, 4) is 0 Å². The van der Waals surface area contributed by atoms with Gasteiger partial charge in [-0.1, -0.05) is 0 Å². The summed E-state index contributed by atoms with van der Waals surface area (Å²) in [7, 11) is 0. The van der Waals surface area contributed by atoms with Crippen LogP contribution in [0.2, 0.25) is 0 Å². The van der Waals surface area contributed by atoms with Crippen LogP contribution < -0.4 is 0 Å². The fraction of sp³-hybridized carbons (Fsp3) is 0.667. The minimum Gasteiger partial charge on any atom is -0.480 e. The largest absolute Gasteiger partial charge is 0.480 e. The molecule has 0 aromatic heterocycles. The highest BCUT2D eigenvalue weighted by Gasteiger charge is 2.62. The number of hydrogen-bond donors (Lipinski definition) is 1. The van der Waals surface area contributed by atoms with Crippen LogP contribution in [-0.2, 0) is 9.59 Å². The molecule has 0 saturated carbocycles. The second kappa shape index (κ2) is 3.66. The molecule has 88 valence electrons. The van der Waals surface area contributed by atoms with Crippen LogP contribution in [0.25, 0.3) is 0 Å². The Hall–Kier alpha value is -0.690. The predicted molar refractivity (Wildman–Crippen MR) is 64.7 cm³/mol. The van der Waals surface area contributed by atoms with Gasteiger partial charge in [-0.3, -0.25) is 4.79 Å². The monoisotopic (exact) mass is 260 g/mol. The van der Waals surface area contributed by atoms with Crippen molar-refractivity contribution < 1.29 is 14.7 Å². The molecule has 16 heavy (non-hydrogen) atoms. The smallest absolute Gasteiger partial charge is 0.327 e. The van der Waals surface area contributed by atoms with Gasteiger partial charge in [-0.25, -0.2) is 9.19 Å². The number of rotatable bonds is 2. The fourth-order valence-electron chi connectivity index (χ4n) is 2.06. The topological polar surface area (TPSA) is 70.0 Å². The van der Waals surface area contributed by atoms with E-state index >= 15 is 0 Å². The van der Waals surface area contributed by atoms with E-state index in [1.54, 1.807) is 6.26 Å². The highest BCUT2D eigenvalue weighted by molar-refractivity contribution is 8.02. The Balaban J connectivity index is 2.32. The molecule has 2 heterocycles. The number of fused-ring (bicyclic) bond motifs is 1. The molecule has 0 bridgehead atoms. The van der Waals surface area contributed by atoms with E-state index < -0.39 is 16.8 Å². The maximum Gasteiger partial charge on any atom is 0.327 e. The Bertz CT molecular complexity index is 394. The normalized spacial score (nSPS) is 33.8. The molecule has 0 radical (unpaired) electrons. The number of carbonyl (C=O) groups is 2. The minimum atomic E-state index is -0.948. The van der Waals surface area contributed by atoms with Crippen molar-refractivity contribution in [3.63, 3.8) is 0 Å². The molecule has 0 spiro atoms. The molecule has 2 unspecified atom stereocenters. The van der Waals surface area contributed by atoms with Crippen molar-refractivity contribution in [3.05, 3.63) is 0 Å². The molecule has 0 aromatic rings. The quantitative estimate of drug-likeness (QED) is 0.589. The van der Waals surface area contributed by atoms with Crippen LogP contribution in [0.5, 0.6) is 0 Å². The Morgan fingerprint density at radius 3 is 2.75 bits per heavy atom. The maximum atomic E-state index is 11.7. The van der Waals surface area contributed by atoms with Crippen molar-refractivity contribution in [2.75, 3.05) is 6.26 Å². The van der Waals surface area contributed by atoms with Gasteiger partial charge >= 0.3 is 5.97 Å². The van der Waals surface area contributed by atoms with E-state index in [2.05, 4.69) is 4.40 Å². The zero-order valence-electron chi connectivity index (χ0n) is 9.13. The summed E-state index contributed by atoms with van der Waals surface area (Å²) >= 11 is 2.71. The second-order valence-electron chi connectivity index (χ2n) is 4.19. The summed E-state index contributed by atoms with van der Waals surface area (Å²) in [6.07, 6.45) is 1.78. The first-order chi connectivity index (χ1) is 7.40. The van der Waals surface area contributed by atoms with E-state index in [1.807, 2.05) is 13.8 Å². The molecular weight excluding hydrogens is 248 g/mol. The Morgan fingerprint density at radius 2 is 2.25 bits per heavy atom. The SMILES string of the molecule is CSN=C1C(=O)N2C1SC(C)(C)C2C(=O)O. The molecule has 1 N–H and O–H groups in total. The van der Waals surface area contributed by atoms with Crippen LogP contribution in [-0.4, -0.2) is 50.0 Å². The number of β-lactam (4-membered cyclic amide) rings is 1. The average molecular weight is 260 g/mol. The zero-order chi connectivity index (χ0) is 12.1. The van der Waals surface area contributed by atoms with Gasteiger partial charge in [0.1, 0.15) is 17.1 Å². The number of hydrogen-bond acceptors (Lipinski definition) is 5. The van der Waals surface area contributed by atoms with Crippen LogP contribution in [0.15, 0.2) is 4.40 Å². The van der Waals surface area contributed by atoms with Gasteiger partial charge in [0.2, 0.25) is 0 Å². The second-order valence-corrected chi connectivity index (χ2v) is 6.47. The molecule has 2 saturated heterocycles. The lowest BCUT2D eigenvalue weighted by Gasteiger charge is -2.37. The van der Waals surface area contributed by atoms with Gasteiger partial charge in [-0.05, 0) is 25.8 Å². The minimum absolute atomic E-state index is 0.184. The van der Waals surface area contributed by atoms with Gasteiger partial charge in [-0.15, -0.1) is 11.8 Å². The summed E-state index contributed by atoms with van der Waals surface area (Å²) < 4.78 is 3.57. The highest BCUT2D eigenvalue weighted by atomic mass is 32.2. The van der Waals surface area contributed by atoms with E-state index in [9.17, 15) is 9.59 Å². The van der Waals surface area contributed by atoms with Gasteiger partial charge < -0.3 is 10.0 Å². The van der Waals surface area contributed by atoms with Gasteiger partial charge in [0.15, 0.2) is 0 Å². The van der Waals surface area contributed by atoms with Crippen LogP contribution in [0.3, 0.4) is 0 Å². The lowest BCUT2D eigenvalue weighted by molar-refractivity contribution is -0.150. The Kier molecular flexibility index (Phi) is 2.70. The van der Waals surface area contributed by atoms with E-state index in [-0.39, 0.29) is 11.3 Å². The van der Waals surface area contributed by atoms with Gasteiger partial charge in [0.05, 0.1) is 0 Å². The molecular formula is C9H12N2O3S2. The lowest BCUT2D eigenvalue weighted by atomic mass is 9.98. The molecule has 2 fully saturated rings.